The minimum absolute atomic E-state index is 0.0139. The lowest BCUT2D eigenvalue weighted by Gasteiger charge is -2.18. The van der Waals surface area contributed by atoms with Crippen LogP contribution < -0.4 is 5.73 Å². The van der Waals surface area contributed by atoms with Gasteiger partial charge in [0.2, 0.25) is 0 Å². The number of alkyl halides is 3. The van der Waals surface area contributed by atoms with Crippen molar-refractivity contribution < 1.29 is 18.3 Å². The summed E-state index contributed by atoms with van der Waals surface area (Å²) in [4.78, 5) is 0. The average Bonchev–Trinajstić information content (AvgIpc) is 2.02. The molecule has 0 aliphatic carbocycles. The number of rotatable bonds is 2. The Morgan fingerprint density at radius 1 is 1.36 bits per heavy atom. The number of hydrogen-bond acceptors (Lipinski definition) is 2. The van der Waals surface area contributed by atoms with Crippen LogP contribution in [-0.4, -0.2) is 17.8 Å². The van der Waals surface area contributed by atoms with Crippen LogP contribution in [0.2, 0.25) is 0 Å². The molecule has 2 nitrogen and oxygen atoms in total. The molecule has 0 spiro atoms. The van der Waals surface area contributed by atoms with Crippen molar-refractivity contribution in [1.29, 1.82) is 0 Å². The molecule has 0 fully saturated rings. The number of aromatic hydroxyl groups is 1. The second kappa shape index (κ2) is 3.88. The summed E-state index contributed by atoms with van der Waals surface area (Å²) in [6.45, 7) is -0.521. The molecule has 5 heteroatoms. The minimum Gasteiger partial charge on any atom is -0.508 e. The number of hydrogen-bond donors (Lipinski definition) is 2. The van der Waals surface area contributed by atoms with E-state index < -0.39 is 18.6 Å². The molecular formula is C9H10F3NO. The predicted molar refractivity (Wildman–Crippen MR) is 46.0 cm³/mol. The third-order valence-electron chi connectivity index (χ3n) is 1.90. The maximum absolute atomic E-state index is 12.4. The Bertz CT molecular complexity index is 311. The van der Waals surface area contributed by atoms with Crippen LogP contribution in [0.1, 0.15) is 11.5 Å². The Kier molecular flexibility index (Phi) is 3.00. The predicted octanol–water partition coefficient (Wildman–Crippen LogP) is 2.00. The van der Waals surface area contributed by atoms with Crippen LogP contribution in [0.5, 0.6) is 5.75 Å². The molecule has 0 aliphatic heterocycles. The fourth-order valence-electron chi connectivity index (χ4n) is 1.20. The van der Waals surface area contributed by atoms with Gasteiger partial charge in [-0.2, -0.15) is 13.2 Å². The van der Waals surface area contributed by atoms with Gasteiger partial charge in [0.05, 0.1) is 5.92 Å². The minimum atomic E-state index is -4.37. The Morgan fingerprint density at radius 3 is 2.43 bits per heavy atom. The van der Waals surface area contributed by atoms with Gasteiger partial charge >= 0.3 is 6.18 Å². The molecule has 1 aromatic carbocycles. The van der Waals surface area contributed by atoms with Gasteiger partial charge in [-0.15, -0.1) is 0 Å². The zero-order chi connectivity index (χ0) is 10.8. The van der Waals surface area contributed by atoms with Crippen LogP contribution >= 0.6 is 0 Å². The van der Waals surface area contributed by atoms with Gasteiger partial charge in [-0.3, -0.25) is 0 Å². The first-order chi connectivity index (χ1) is 6.45. The summed E-state index contributed by atoms with van der Waals surface area (Å²) in [7, 11) is 0. The first-order valence-electron chi connectivity index (χ1n) is 4.01. The van der Waals surface area contributed by atoms with E-state index in [-0.39, 0.29) is 11.3 Å². The normalized spacial score (nSPS) is 14.0. The summed E-state index contributed by atoms with van der Waals surface area (Å²) in [6.07, 6.45) is -4.37. The van der Waals surface area contributed by atoms with Gasteiger partial charge in [-0.05, 0) is 17.7 Å². The maximum atomic E-state index is 12.4. The molecule has 0 radical (unpaired) electrons. The SMILES string of the molecule is NCC(c1cccc(O)c1)C(F)(F)F. The summed E-state index contributed by atoms with van der Waals surface area (Å²) < 4.78 is 37.1. The fraction of sp³-hybridized carbons (Fsp3) is 0.333. The first kappa shape index (κ1) is 10.8. The number of benzene rings is 1. The van der Waals surface area contributed by atoms with Crippen LogP contribution in [0.25, 0.3) is 0 Å². The highest BCUT2D eigenvalue weighted by atomic mass is 19.4. The van der Waals surface area contributed by atoms with E-state index in [1.165, 1.54) is 18.2 Å². The fourth-order valence-corrected chi connectivity index (χ4v) is 1.20. The molecule has 0 amide bonds. The van der Waals surface area contributed by atoms with E-state index in [0.717, 1.165) is 6.07 Å². The van der Waals surface area contributed by atoms with E-state index in [0.29, 0.717) is 0 Å². The lowest BCUT2D eigenvalue weighted by atomic mass is 9.98. The Hall–Kier alpha value is -1.23. The smallest absolute Gasteiger partial charge is 0.396 e. The molecule has 14 heavy (non-hydrogen) atoms. The highest BCUT2D eigenvalue weighted by Crippen LogP contribution is 2.34. The van der Waals surface area contributed by atoms with Crippen molar-refractivity contribution in [3.63, 3.8) is 0 Å². The molecule has 1 rings (SSSR count). The van der Waals surface area contributed by atoms with Crippen molar-refractivity contribution in [2.45, 2.75) is 12.1 Å². The number of phenols is 1. The quantitative estimate of drug-likeness (QED) is 0.775. The zero-order valence-corrected chi connectivity index (χ0v) is 7.25. The molecule has 78 valence electrons. The molecule has 0 heterocycles. The van der Waals surface area contributed by atoms with Crippen LogP contribution in [0.3, 0.4) is 0 Å². The number of nitrogens with two attached hydrogens (primary N) is 1. The van der Waals surface area contributed by atoms with Gasteiger partial charge < -0.3 is 10.8 Å². The average molecular weight is 205 g/mol. The van der Waals surface area contributed by atoms with Gasteiger partial charge in [0.1, 0.15) is 5.75 Å². The highest BCUT2D eigenvalue weighted by Gasteiger charge is 2.39. The molecule has 0 bridgehead atoms. The Morgan fingerprint density at radius 2 is 2.00 bits per heavy atom. The zero-order valence-electron chi connectivity index (χ0n) is 7.25. The van der Waals surface area contributed by atoms with Gasteiger partial charge in [0.15, 0.2) is 0 Å². The second-order valence-corrected chi connectivity index (χ2v) is 2.92. The van der Waals surface area contributed by atoms with Crippen molar-refractivity contribution in [2.75, 3.05) is 6.54 Å². The summed E-state index contributed by atoms with van der Waals surface area (Å²) >= 11 is 0. The van der Waals surface area contributed by atoms with Crippen LogP contribution in [0.15, 0.2) is 24.3 Å². The van der Waals surface area contributed by atoms with Crippen molar-refractivity contribution in [3.05, 3.63) is 29.8 Å². The Labute approximate surface area is 79.2 Å². The van der Waals surface area contributed by atoms with Gasteiger partial charge in [-0.1, -0.05) is 12.1 Å². The summed E-state index contributed by atoms with van der Waals surface area (Å²) in [5.74, 6) is -1.90. The Balaban J connectivity index is 3.01. The molecule has 1 aromatic rings. The molecule has 0 aromatic heterocycles. The van der Waals surface area contributed by atoms with Gasteiger partial charge in [-0.25, -0.2) is 0 Å². The first-order valence-corrected chi connectivity index (χ1v) is 4.01. The molecule has 1 unspecified atom stereocenters. The maximum Gasteiger partial charge on any atom is 0.396 e. The third-order valence-corrected chi connectivity index (χ3v) is 1.90. The molecule has 1 atom stereocenters. The number of phenolic OH excluding ortho intramolecular Hbond substituents is 1. The lowest BCUT2D eigenvalue weighted by Crippen LogP contribution is -2.27. The van der Waals surface area contributed by atoms with E-state index in [9.17, 15) is 13.2 Å². The monoisotopic (exact) mass is 205 g/mol. The molecule has 0 aliphatic rings. The second-order valence-electron chi connectivity index (χ2n) is 2.92. The van der Waals surface area contributed by atoms with E-state index in [1.54, 1.807) is 0 Å². The van der Waals surface area contributed by atoms with E-state index in [2.05, 4.69) is 0 Å². The van der Waals surface area contributed by atoms with Crippen LogP contribution in [-0.2, 0) is 0 Å². The van der Waals surface area contributed by atoms with Crippen molar-refractivity contribution in [3.8, 4) is 5.75 Å². The van der Waals surface area contributed by atoms with Gasteiger partial charge in [0, 0.05) is 6.54 Å². The van der Waals surface area contributed by atoms with Gasteiger partial charge in [0.25, 0.3) is 0 Å². The van der Waals surface area contributed by atoms with Crippen molar-refractivity contribution in [2.24, 2.45) is 5.73 Å². The van der Waals surface area contributed by atoms with E-state index in [4.69, 9.17) is 10.8 Å². The molecule has 0 saturated carbocycles. The molecular weight excluding hydrogens is 195 g/mol. The summed E-state index contributed by atoms with van der Waals surface area (Å²) in [5, 5.41) is 9.02. The van der Waals surface area contributed by atoms with Crippen molar-refractivity contribution >= 4 is 0 Å². The van der Waals surface area contributed by atoms with Crippen LogP contribution in [0, 0.1) is 0 Å². The number of halogens is 3. The largest absolute Gasteiger partial charge is 0.508 e. The molecule has 3 N–H and O–H groups in total. The van der Waals surface area contributed by atoms with E-state index in [1.807, 2.05) is 0 Å². The highest BCUT2D eigenvalue weighted by molar-refractivity contribution is 5.30. The standard InChI is InChI=1S/C9H10F3NO/c10-9(11,12)8(5-13)6-2-1-3-7(14)4-6/h1-4,8,14H,5,13H2. The topological polar surface area (TPSA) is 46.2 Å². The summed E-state index contributed by atoms with van der Waals surface area (Å²) in [5.41, 5.74) is 5.03. The van der Waals surface area contributed by atoms with Crippen LogP contribution in [0.4, 0.5) is 13.2 Å². The van der Waals surface area contributed by atoms with Crippen molar-refractivity contribution in [1.82, 2.24) is 0 Å². The lowest BCUT2D eigenvalue weighted by molar-refractivity contribution is -0.148. The van der Waals surface area contributed by atoms with E-state index >= 15 is 0 Å². The third kappa shape index (κ3) is 2.38. The molecule has 0 saturated heterocycles. The summed E-state index contributed by atoms with van der Waals surface area (Å²) in [6, 6.07) is 5.04.